The summed E-state index contributed by atoms with van der Waals surface area (Å²) >= 11 is 5.94. The molecular formula is C21H24ClN5OS. The van der Waals surface area contributed by atoms with E-state index in [2.05, 4.69) is 26.5 Å². The van der Waals surface area contributed by atoms with Crippen molar-refractivity contribution in [3.8, 4) is 0 Å². The van der Waals surface area contributed by atoms with Crippen molar-refractivity contribution >= 4 is 32.4 Å². The van der Waals surface area contributed by atoms with Gasteiger partial charge in [-0.25, -0.2) is 0 Å². The summed E-state index contributed by atoms with van der Waals surface area (Å²) < 4.78 is 1.95. The molecule has 152 valence electrons. The Morgan fingerprint density at radius 1 is 1.17 bits per heavy atom. The van der Waals surface area contributed by atoms with Crippen molar-refractivity contribution in [2.45, 2.75) is 37.2 Å². The molecule has 2 aliphatic heterocycles. The van der Waals surface area contributed by atoms with Crippen LogP contribution in [0.1, 0.15) is 24.0 Å². The quantitative estimate of drug-likeness (QED) is 0.755. The highest BCUT2D eigenvalue weighted by atomic mass is 35.5. The molecule has 29 heavy (non-hydrogen) atoms. The Kier molecular flexibility index (Phi) is 4.97. The number of likely N-dealkylation sites (tertiary alicyclic amines) is 1. The predicted molar refractivity (Wildman–Crippen MR) is 119 cm³/mol. The van der Waals surface area contributed by atoms with Gasteiger partial charge in [-0.05, 0) is 35.9 Å². The van der Waals surface area contributed by atoms with Crippen molar-refractivity contribution in [3.05, 3.63) is 64.4 Å². The lowest BCUT2D eigenvalue weighted by molar-refractivity contribution is 0.125. The molecule has 6 nitrogen and oxygen atoms in total. The van der Waals surface area contributed by atoms with Gasteiger partial charge in [0.15, 0.2) is 0 Å². The summed E-state index contributed by atoms with van der Waals surface area (Å²) in [6.07, 6.45) is 8.11. The summed E-state index contributed by atoms with van der Waals surface area (Å²) in [4.78, 5) is 19.4. The van der Waals surface area contributed by atoms with Gasteiger partial charge >= 0.3 is 0 Å². The van der Waals surface area contributed by atoms with Crippen molar-refractivity contribution in [3.63, 3.8) is 0 Å². The minimum Gasteiger partial charge on any atom is -0.342 e. The Morgan fingerprint density at radius 3 is 2.66 bits per heavy atom. The summed E-state index contributed by atoms with van der Waals surface area (Å²) in [6, 6.07) is 8.08. The molecule has 2 fully saturated rings. The van der Waals surface area contributed by atoms with Crippen LogP contribution in [-0.2, 0) is 13.1 Å². The third-order valence-corrected chi connectivity index (χ3v) is 9.26. The Hall–Kier alpha value is -2.09. The van der Waals surface area contributed by atoms with Crippen molar-refractivity contribution in [2.24, 2.45) is 4.99 Å². The number of aromatic nitrogens is 2. The second-order valence-electron chi connectivity index (χ2n) is 8.00. The zero-order valence-corrected chi connectivity index (χ0v) is 17.6. The van der Waals surface area contributed by atoms with Crippen LogP contribution < -0.4 is 5.32 Å². The van der Waals surface area contributed by atoms with Crippen molar-refractivity contribution in [1.82, 2.24) is 20.0 Å². The van der Waals surface area contributed by atoms with E-state index in [-0.39, 0.29) is 11.3 Å². The minimum atomic E-state index is -1.48. The minimum absolute atomic E-state index is 0.193. The summed E-state index contributed by atoms with van der Waals surface area (Å²) in [5.41, 5.74) is 4.27. The Morgan fingerprint density at radius 2 is 1.97 bits per heavy atom. The molecule has 1 saturated carbocycles. The zero-order valence-electron chi connectivity index (χ0n) is 16.1. The topological polar surface area (TPSA) is 62.5 Å². The first-order valence-corrected chi connectivity index (χ1v) is 12.1. The molecule has 2 aromatic rings. The van der Waals surface area contributed by atoms with Gasteiger partial charge in [-0.2, -0.15) is 5.10 Å². The van der Waals surface area contributed by atoms with E-state index in [1.165, 1.54) is 11.1 Å². The van der Waals surface area contributed by atoms with Gasteiger partial charge in [-0.15, -0.1) is 10.0 Å². The van der Waals surface area contributed by atoms with Crippen LogP contribution in [0, 0.1) is 0 Å². The fourth-order valence-corrected chi connectivity index (χ4v) is 6.83. The molecule has 1 amide bonds. The number of rotatable bonds is 6. The van der Waals surface area contributed by atoms with Gasteiger partial charge in [0.2, 0.25) is 0 Å². The zero-order chi connectivity index (χ0) is 19.8. The van der Waals surface area contributed by atoms with Crippen LogP contribution in [0.5, 0.6) is 0 Å². The molecular weight excluding hydrogens is 406 g/mol. The molecule has 1 unspecified atom stereocenters. The fraction of sp³-hybridized carbons (Fsp3) is 0.381. The van der Waals surface area contributed by atoms with E-state index in [4.69, 9.17) is 11.6 Å². The second-order valence-corrected chi connectivity index (χ2v) is 11.5. The lowest BCUT2D eigenvalue weighted by Crippen LogP contribution is -2.58. The largest absolute Gasteiger partial charge is 0.342 e. The summed E-state index contributed by atoms with van der Waals surface area (Å²) in [7, 11) is -1.48. The smallest absolute Gasteiger partial charge is 0.270 e. The lowest BCUT2D eigenvalue weighted by Gasteiger charge is -2.41. The molecule has 1 saturated heterocycles. The third kappa shape index (κ3) is 3.99. The Balaban J connectivity index is 1.10. The third-order valence-electron chi connectivity index (χ3n) is 5.63. The molecule has 0 radical (unpaired) electrons. The highest BCUT2D eigenvalue weighted by molar-refractivity contribution is 8.57. The maximum Gasteiger partial charge on any atom is 0.270 e. The number of halogens is 1. The van der Waals surface area contributed by atoms with Gasteiger partial charge in [0.05, 0.1) is 24.3 Å². The molecule has 1 aromatic carbocycles. The van der Waals surface area contributed by atoms with Crippen LogP contribution >= 0.6 is 21.6 Å². The van der Waals surface area contributed by atoms with Crippen molar-refractivity contribution in [1.29, 1.82) is 0 Å². The SMILES string of the molecule is O=C(NC1CN(Cc2cnn(Cc3ccc(Cl)cc3)c2)C1)S1(C2CC2)C=CN=C1. The van der Waals surface area contributed by atoms with Crippen LogP contribution in [0.15, 0.2) is 53.3 Å². The molecule has 1 N–H and O–H groups in total. The van der Waals surface area contributed by atoms with E-state index >= 15 is 0 Å². The number of nitrogens with zero attached hydrogens (tertiary/aromatic N) is 4. The molecule has 1 atom stereocenters. The fourth-order valence-electron chi connectivity index (χ4n) is 3.89. The van der Waals surface area contributed by atoms with Crippen LogP contribution in [0.25, 0.3) is 0 Å². The molecule has 8 heteroatoms. The number of carbonyl (C=O) groups excluding carboxylic acids is 1. The number of aliphatic imine (C=N–C) groups is 1. The summed E-state index contributed by atoms with van der Waals surface area (Å²) in [6.45, 7) is 3.36. The van der Waals surface area contributed by atoms with Crippen LogP contribution in [0.4, 0.5) is 4.79 Å². The average molecular weight is 430 g/mol. The first-order valence-electron chi connectivity index (χ1n) is 9.91. The number of amides is 1. The van der Waals surface area contributed by atoms with Gasteiger partial charge in [0.1, 0.15) is 0 Å². The van der Waals surface area contributed by atoms with Crippen LogP contribution in [0.2, 0.25) is 5.02 Å². The number of carbonyl (C=O) groups is 1. The highest BCUT2D eigenvalue weighted by Gasteiger charge is 2.46. The van der Waals surface area contributed by atoms with E-state index in [1.54, 1.807) is 6.20 Å². The molecule has 1 aliphatic carbocycles. The van der Waals surface area contributed by atoms with Crippen molar-refractivity contribution < 1.29 is 4.79 Å². The summed E-state index contributed by atoms with van der Waals surface area (Å²) in [5.74, 6) is 0. The number of hydrogen-bond donors (Lipinski definition) is 1. The van der Waals surface area contributed by atoms with E-state index in [0.29, 0.717) is 5.25 Å². The molecule has 3 heterocycles. The first-order chi connectivity index (χ1) is 14.1. The monoisotopic (exact) mass is 429 g/mol. The van der Waals surface area contributed by atoms with Crippen LogP contribution in [0.3, 0.4) is 0 Å². The van der Waals surface area contributed by atoms with Gasteiger partial charge < -0.3 is 5.32 Å². The summed E-state index contributed by atoms with van der Waals surface area (Å²) in [5, 5.41) is 11.2. The lowest BCUT2D eigenvalue weighted by atomic mass is 10.1. The van der Waals surface area contributed by atoms with Crippen LogP contribution in [-0.4, -0.2) is 49.8 Å². The maximum absolute atomic E-state index is 12.9. The maximum atomic E-state index is 12.9. The molecule has 0 spiro atoms. The normalized spacial score (nSPS) is 26.2. The first kappa shape index (κ1) is 18.9. The Labute approximate surface area is 176 Å². The standard InChI is InChI=1S/C21H24ClN5OS/c22-18-3-1-16(2-4-18)11-27-12-17(9-24-27)10-26-13-19(14-26)25-21(28)29(20-5-6-20)8-7-23-15-29/h1-4,7-9,12,15,19-20H,5-6,10-11,13-14H2,(H,25,28). The average Bonchev–Trinajstić information content (AvgIpc) is 3.25. The van der Waals surface area contributed by atoms with Crippen molar-refractivity contribution in [2.75, 3.05) is 13.1 Å². The highest BCUT2D eigenvalue weighted by Crippen LogP contribution is 2.63. The second kappa shape index (κ2) is 7.63. The van der Waals surface area contributed by atoms with Gasteiger partial charge in [0.25, 0.3) is 5.24 Å². The van der Waals surface area contributed by atoms with E-state index in [0.717, 1.165) is 44.0 Å². The van der Waals surface area contributed by atoms with E-state index in [1.807, 2.05) is 46.1 Å². The number of benzene rings is 1. The van der Waals surface area contributed by atoms with Gasteiger partial charge in [-0.1, -0.05) is 23.7 Å². The van der Waals surface area contributed by atoms with Gasteiger partial charge in [0, 0.05) is 47.9 Å². The molecule has 5 rings (SSSR count). The molecule has 1 aromatic heterocycles. The van der Waals surface area contributed by atoms with E-state index in [9.17, 15) is 4.79 Å². The van der Waals surface area contributed by atoms with Gasteiger partial charge in [-0.3, -0.25) is 19.4 Å². The number of hydrogen-bond acceptors (Lipinski definition) is 4. The predicted octanol–water partition coefficient (Wildman–Crippen LogP) is 3.96. The Bertz CT molecular complexity index is 948. The molecule has 0 bridgehead atoms. The number of nitrogens with one attached hydrogen (secondary N) is 1. The molecule has 3 aliphatic rings. The van der Waals surface area contributed by atoms with E-state index < -0.39 is 10.0 Å².